The fourth-order valence-corrected chi connectivity index (χ4v) is 0.668. The Labute approximate surface area is 97.3 Å². The number of hydrogen-bond donors (Lipinski definition) is 4. The van der Waals surface area contributed by atoms with Crippen molar-refractivity contribution in [3.8, 4) is 0 Å². The number of hydrogen-bond acceptors (Lipinski definition) is 4. The van der Waals surface area contributed by atoms with Crippen LogP contribution in [0.25, 0.3) is 0 Å². The van der Waals surface area contributed by atoms with E-state index < -0.39 is 0 Å². The third-order valence-electron chi connectivity index (χ3n) is 1.29. The van der Waals surface area contributed by atoms with Crippen molar-refractivity contribution >= 4 is 22.7 Å². The van der Waals surface area contributed by atoms with Gasteiger partial charge in [-0.1, -0.05) is 0 Å². The summed E-state index contributed by atoms with van der Waals surface area (Å²) in [5.74, 6) is 0. The molecule has 0 heterocycles. The van der Waals surface area contributed by atoms with Gasteiger partial charge in [0.2, 0.25) is 0 Å². The van der Waals surface area contributed by atoms with Gasteiger partial charge >= 0.3 is 0 Å². The summed E-state index contributed by atoms with van der Waals surface area (Å²) in [5.41, 5.74) is 23.6. The Morgan fingerprint density at radius 1 is 0.533 bits per heavy atom. The quantitative estimate of drug-likeness (QED) is 0.281. The van der Waals surface area contributed by atoms with E-state index in [4.69, 9.17) is 22.9 Å². The van der Waals surface area contributed by atoms with Gasteiger partial charge in [-0.25, -0.2) is 0 Å². The van der Waals surface area contributed by atoms with Crippen LogP contribution in [0.15, 0.2) is 12.1 Å². The van der Waals surface area contributed by atoms with Gasteiger partial charge in [0.1, 0.15) is 0 Å². The second-order valence-electron chi connectivity index (χ2n) is 2.11. The van der Waals surface area contributed by atoms with Gasteiger partial charge in [-0.2, -0.15) is 0 Å². The first kappa shape index (κ1) is 29.2. The normalized spacial score (nSPS) is 6.40. The molecule has 0 saturated heterocycles. The molecule has 16 N–H and O–H groups in total. The van der Waals surface area contributed by atoms with Crippen LogP contribution >= 0.6 is 0 Å². The molecule has 0 bridgehead atoms. The molecule has 0 aromatic heterocycles. The summed E-state index contributed by atoms with van der Waals surface area (Å²) in [6.07, 6.45) is 0. The SMILES string of the molecule is Nc1cc(N)c(N)cc1N.O.O.O.O.[Cu]. The summed E-state index contributed by atoms with van der Waals surface area (Å²) in [6, 6.07) is 3.09. The van der Waals surface area contributed by atoms with Gasteiger partial charge in [-0.05, 0) is 12.1 Å². The standard InChI is InChI=1S/C6H10N4.Cu.4H2O/c7-3-1-4(8)6(10)2-5(3)9;;;;;/h1-2H,7-10H2;;4*1H2. The molecule has 0 aliphatic heterocycles. The Kier molecular flexibility index (Phi) is 21.1. The molecule has 1 radical (unpaired) electrons. The Bertz CT molecular complexity index is 223. The zero-order chi connectivity index (χ0) is 7.72. The van der Waals surface area contributed by atoms with Crippen LogP contribution in [-0.2, 0) is 17.1 Å². The van der Waals surface area contributed by atoms with Gasteiger partial charge in [0.25, 0.3) is 0 Å². The zero-order valence-corrected chi connectivity index (χ0v) is 8.71. The minimum absolute atomic E-state index is 0. The zero-order valence-electron chi connectivity index (χ0n) is 7.77. The van der Waals surface area contributed by atoms with Crippen molar-refractivity contribution in [1.29, 1.82) is 0 Å². The van der Waals surface area contributed by atoms with Crippen molar-refractivity contribution < 1.29 is 39.0 Å². The average Bonchev–Trinajstić information content (AvgIpc) is 1.84. The minimum atomic E-state index is 0. The molecule has 97 valence electrons. The second-order valence-corrected chi connectivity index (χ2v) is 2.11. The van der Waals surface area contributed by atoms with Gasteiger partial charge in [-0.15, -0.1) is 0 Å². The first-order valence-corrected chi connectivity index (χ1v) is 2.81. The fraction of sp³-hybridized carbons (Fsp3) is 0. The molecule has 8 nitrogen and oxygen atoms in total. The summed E-state index contributed by atoms with van der Waals surface area (Å²) >= 11 is 0. The van der Waals surface area contributed by atoms with Crippen LogP contribution in [0.2, 0.25) is 0 Å². The van der Waals surface area contributed by atoms with Crippen LogP contribution in [-0.4, -0.2) is 21.9 Å². The third-order valence-corrected chi connectivity index (χ3v) is 1.29. The predicted octanol–water partition coefficient (Wildman–Crippen LogP) is -3.29. The first-order valence-electron chi connectivity index (χ1n) is 2.81. The molecule has 1 aromatic carbocycles. The maximum atomic E-state index is 5.43. The van der Waals surface area contributed by atoms with E-state index in [1.165, 1.54) is 0 Å². The summed E-state index contributed by atoms with van der Waals surface area (Å²) in [4.78, 5) is 0. The van der Waals surface area contributed by atoms with E-state index in [0.29, 0.717) is 22.7 Å². The maximum absolute atomic E-state index is 5.43. The van der Waals surface area contributed by atoms with Crippen molar-refractivity contribution in [1.82, 2.24) is 0 Å². The molecule has 0 saturated carbocycles. The monoisotopic (exact) mass is 273 g/mol. The fourth-order valence-electron chi connectivity index (χ4n) is 0.668. The molecule has 0 spiro atoms. The van der Waals surface area contributed by atoms with Gasteiger partial charge in [0, 0.05) is 17.1 Å². The summed E-state index contributed by atoms with van der Waals surface area (Å²) < 4.78 is 0. The van der Waals surface area contributed by atoms with E-state index in [2.05, 4.69) is 0 Å². The number of nitrogen functional groups attached to an aromatic ring is 4. The van der Waals surface area contributed by atoms with Gasteiger partial charge in [0.15, 0.2) is 0 Å². The Balaban J connectivity index is -0.0000000667. The number of benzene rings is 1. The molecule has 0 aliphatic rings. The predicted molar refractivity (Wildman–Crippen MR) is 58.5 cm³/mol. The molecule has 0 fully saturated rings. The largest absolute Gasteiger partial charge is 0.412 e. The molecule has 0 unspecified atom stereocenters. The molecule has 1 rings (SSSR count). The van der Waals surface area contributed by atoms with Crippen LogP contribution in [0.3, 0.4) is 0 Å². The van der Waals surface area contributed by atoms with E-state index in [1.54, 1.807) is 12.1 Å². The number of rotatable bonds is 0. The van der Waals surface area contributed by atoms with Gasteiger partial charge in [0.05, 0.1) is 22.7 Å². The molecule has 0 atom stereocenters. The third kappa shape index (κ3) is 6.80. The van der Waals surface area contributed by atoms with Gasteiger partial charge < -0.3 is 44.8 Å². The molecule has 15 heavy (non-hydrogen) atoms. The van der Waals surface area contributed by atoms with Crippen molar-refractivity contribution in [2.75, 3.05) is 22.9 Å². The Morgan fingerprint density at radius 2 is 0.667 bits per heavy atom. The van der Waals surface area contributed by atoms with E-state index in [1.807, 2.05) is 0 Å². The molecule has 0 amide bonds. The molecule has 9 heteroatoms. The molecular formula is C6H18CuN4O4. The van der Waals surface area contributed by atoms with E-state index in [0.717, 1.165) is 0 Å². The average molecular weight is 274 g/mol. The van der Waals surface area contributed by atoms with Crippen molar-refractivity contribution in [2.45, 2.75) is 0 Å². The maximum Gasteiger partial charge on any atom is 0.0570 e. The summed E-state index contributed by atoms with van der Waals surface area (Å²) in [5, 5.41) is 0. The smallest absolute Gasteiger partial charge is 0.0570 e. The minimum Gasteiger partial charge on any atom is -0.412 e. The van der Waals surface area contributed by atoms with E-state index >= 15 is 0 Å². The van der Waals surface area contributed by atoms with Crippen LogP contribution < -0.4 is 22.9 Å². The Morgan fingerprint density at radius 3 is 0.800 bits per heavy atom. The molecular weight excluding hydrogens is 256 g/mol. The van der Waals surface area contributed by atoms with Crippen molar-refractivity contribution in [3.05, 3.63) is 12.1 Å². The second kappa shape index (κ2) is 10.9. The summed E-state index contributed by atoms with van der Waals surface area (Å²) in [7, 11) is 0. The van der Waals surface area contributed by atoms with Crippen molar-refractivity contribution in [3.63, 3.8) is 0 Å². The Hall–Kier alpha value is -1.22. The number of nitrogens with two attached hydrogens (primary N) is 4. The molecule has 1 aromatic rings. The van der Waals surface area contributed by atoms with Crippen molar-refractivity contribution in [2.24, 2.45) is 0 Å². The van der Waals surface area contributed by atoms with Crippen LogP contribution in [0.4, 0.5) is 22.7 Å². The first-order chi connectivity index (χ1) is 4.61. The van der Waals surface area contributed by atoms with E-state index in [9.17, 15) is 0 Å². The number of anilines is 4. The topological polar surface area (TPSA) is 230 Å². The van der Waals surface area contributed by atoms with Crippen LogP contribution in [0.5, 0.6) is 0 Å². The van der Waals surface area contributed by atoms with Crippen LogP contribution in [0.1, 0.15) is 0 Å². The van der Waals surface area contributed by atoms with Crippen LogP contribution in [0, 0.1) is 0 Å². The van der Waals surface area contributed by atoms with E-state index in [-0.39, 0.29) is 39.0 Å². The van der Waals surface area contributed by atoms with Gasteiger partial charge in [-0.3, -0.25) is 0 Å². The molecule has 0 aliphatic carbocycles. The summed E-state index contributed by atoms with van der Waals surface area (Å²) in [6.45, 7) is 0.